The molecule has 3 N–H and O–H groups in total. The van der Waals surface area contributed by atoms with Crippen LogP contribution in [0, 0.1) is 5.41 Å². The zero-order valence-electron chi connectivity index (χ0n) is 7.20. The van der Waals surface area contributed by atoms with E-state index in [4.69, 9.17) is 11.1 Å². The Morgan fingerprint density at radius 3 is 2.77 bits per heavy atom. The van der Waals surface area contributed by atoms with Gasteiger partial charge in [0, 0.05) is 12.4 Å². The summed E-state index contributed by atoms with van der Waals surface area (Å²) >= 11 is 0. The number of rotatable bonds is 3. The molecule has 3 heteroatoms. The summed E-state index contributed by atoms with van der Waals surface area (Å²) in [5.41, 5.74) is 7.74. The third kappa shape index (κ3) is 2.27. The van der Waals surface area contributed by atoms with Crippen molar-refractivity contribution in [3.05, 3.63) is 42.2 Å². The van der Waals surface area contributed by atoms with Gasteiger partial charge in [-0.3, -0.25) is 4.98 Å². The van der Waals surface area contributed by atoms with Crippen LogP contribution in [-0.2, 0) is 0 Å². The Morgan fingerprint density at radius 2 is 2.31 bits per heavy atom. The summed E-state index contributed by atoms with van der Waals surface area (Å²) in [5.74, 6) is 0. The van der Waals surface area contributed by atoms with E-state index < -0.39 is 0 Å². The van der Waals surface area contributed by atoms with Gasteiger partial charge in [-0.15, -0.1) is 0 Å². The monoisotopic (exact) mass is 173 g/mol. The average Bonchev–Trinajstić information content (AvgIpc) is 2.18. The van der Waals surface area contributed by atoms with Crippen LogP contribution in [0.2, 0.25) is 0 Å². The number of hydrogen-bond donors (Lipinski definition) is 2. The summed E-state index contributed by atoms with van der Waals surface area (Å²) in [4.78, 5) is 4.10. The van der Waals surface area contributed by atoms with Crippen molar-refractivity contribution >= 4 is 18.0 Å². The van der Waals surface area contributed by atoms with E-state index in [0.29, 0.717) is 11.4 Å². The lowest BCUT2D eigenvalue weighted by Gasteiger charge is -1.99. The molecular weight excluding hydrogens is 162 g/mol. The highest BCUT2D eigenvalue weighted by Gasteiger charge is 1.95. The van der Waals surface area contributed by atoms with Crippen LogP contribution in [-0.4, -0.2) is 11.2 Å². The third-order valence-electron chi connectivity index (χ3n) is 1.58. The Bertz CT molecular complexity index is 336. The molecule has 0 fully saturated rings. The Balaban J connectivity index is 2.98. The van der Waals surface area contributed by atoms with Crippen LogP contribution in [0.1, 0.15) is 11.3 Å². The normalized spacial score (nSPS) is 10.9. The first-order chi connectivity index (χ1) is 6.27. The molecule has 1 aromatic heterocycles. The Morgan fingerprint density at radius 1 is 1.54 bits per heavy atom. The molecule has 0 atom stereocenters. The molecule has 0 aliphatic heterocycles. The van der Waals surface area contributed by atoms with Crippen molar-refractivity contribution in [1.29, 1.82) is 5.41 Å². The Kier molecular flexibility index (Phi) is 2.97. The molecule has 1 rings (SSSR count). The summed E-state index contributed by atoms with van der Waals surface area (Å²) in [6.07, 6.45) is 6.04. The van der Waals surface area contributed by atoms with E-state index in [-0.39, 0.29) is 0 Å². The van der Waals surface area contributed by atoms with Gasteiger partial charge < -0.3 is 11.1 Å². The SMILES string of the molecule is C=Cc1ccc(/C(N)=C/C=N)nc1. The number of pyridine rings is 1. The second kappa shape index (κ2) is 4.21. The predicted octanol–water partition coefficient (Wildman–Crippen LogP) is 1.67. The van der Waals surface area contributed by atoms with Crippen LogP contribution >= 0.6 is 0 Å². The first-order valence-corrected chi connectivity index (χ1v) is 3.83. The molecule has 0 saturated carbocycles. The summed E-state index contributed by atoms with van der Waals surface area (Å²) in [7, 11) is 0. The highest BCUT2D eigenvalue weighted by Crippen LogP contribution is 2.06. The minimum Gasteiger partial charge on any atom is -0.397 e. The zero-order valence-corrected chi connectivity index (χ0v) is 7.20. The molecular formula is C10H11N3. The van der Waals surface area contributed by atoms with Gasteiger partial charge in [-0.2, -0.15) is 0 Å². The fourth-order valence-corrected chi connectivity index (χ4v) is 0.872. The average molecular weight is 173 g/mol. The molecule has 1 heterocycles. The van der Waals surface area contributed by atoms with Crippen LogP contribution < -0.4 is 5.73 Å². The van der Waals surface area contributed by atoms with Crippen molar-refractivity contribution in [2.45, 2.75) is 0 Å². The van der Waals surface area contributed by atoms with Gasteiger partial charge in [0.15, 0.2) is 0 Å². The van der Waals surface area contributed by atoms with Gasteiger partial charge >= 0.3 is 0 Å². The maximum absolute atomic E-state index is 6.84. The van der Waals surface area contributed by atoms with Crippen molar-refractivity contribution in [2.75, 3.05) is 0 Å². The highest BCUT2D eigenvalue weighted by molar-refractivity contribution is 5.80. The van der Waals surface area contributed by atoms with Gasteiger partial charge in [0.25, 0.3) is 0 Å². The smallest absolute Gasteiger partial charge is 0.0859 e. The van der Waals surface area contributed by atoms with Crippen LogP contribution in [0.4, 0.5) is 0 Å². The predicted molar refractivity (Wildman–Crippen MR) is 55.3 cm³/mol. The van der Waals surface area contributed by atoms with Crippen LogP contribution in [0.5, 0.6) is 0 Å². The van der Waals surface area contributed by atoms with Crippen LogP contribution in [0.15, 0.2) is 31.0 Å². The third-order valence-corrected chi connectivity index (χ3v) is 1.58. The van der Waals surface area contributed by atoms with E-state index in [1.807, 2.05) is 6.07 Å². The topological polar surface area (TPSA) is 62.8 Å². The van der Waals surface area contributed by atoms with E-state index in [1.165, 1.54) is 6.08 Å². The molecule has 0 aliphatic rings. The first kappa shape index (κ1) is 9.19. The number of aromatic nitrogens is 1. The minimum atomic E-state index is 0.491. The highest BCUT2D eigenvalue weighted by atomic mass is 14.7. The fraction of sp³-hybridized carbons (Fsp3) is 0. The molecule has 0 unspecified atom stereocenters. The number of hydrogen-bond acceptors (Lipinski definition) is 3. The van der Waals surface area contributed by atoms with Gasteiger partial charge in [-0.05, 0) is 17.7 Å². The maximum Gasteiger partial charge on any atom is 0.0859 e. The van der Waals surface area contributed by atoms with E-state index >= 15 is 0 Å². The van der Waals surface area contributed by atoms with E-state index in [0.717, 1.165) is 11.8 Å². The molecule has 3 nitrogen and oxygen atoms in total. The lowest BCUT2D eigenvalue weighted by atomic mass is 10.2. The second-order valence-corrected chi connectivity index (χ2v) is 2.47. The maximum atomic E-state index is 6.84. The summed E-state index contributed by atoms with van der Waals surface area (Å²) in [5, 5.41) is 6.84. The number of nitrogens with zero attached hydrogens (tertiary/aromatic N) is 1. The lowest BCUT2D eigenvalue weighted by Crippen LogP contribution is -1.99. The number of allylic oxidation sites excluding steroid dienone is 1. The zero-order chi connectivity index (χ0) is 9.68. The Labute approximate surface area is 77.1 Å². The quantitative estimate of drug-likeness (QED) is 0.683. The van der Waals surface area contributed by atoms with Crippen molar-refractivity contribution in [3.8, 4) is 0 Å². The summed E-state index contributed by atoms with van der Waals surface area (Å²) < 4.78 is 0. The number of nitrogens with two attached hydrogens (primary N) is 1. The van der Waals surface area contributed by atoms with Crippen molar-refractivity contribution < 1.29 is 0 Å². The first-order valence-electron chi connectivity index (χ1n) is 3.83. The minimum absolute atomic E-state index is 0.491. The second-order valence-electron chi connectivity index (χ2n) is 2.47. The largest absolute Gasteiger partial charge is 0.397 e. The summed E-state index contributed by atoms with van der Waals surface area (Å²) in [6.45, 7) is 3.62. The molecule has 0 bridgehead atoms. The van der Waals surface area contributed by atoms with Crippen LogP contribution in [0.3, 0.4) is 0 Å². The molecule has 1 aromatic rings. The lowest BCUT2D eigenvalue weighted by molar-refractivity contribution is 1.25. The molecule has 13 heavy (non-hydrogen) atoms. The van der Waals surface area contributed by atoms with E-state index in [1.54, 1.807) is 18.3 Å². The van der Waals surface area contributed by atoms with Crippen LogP contribution in [0.25, 0.3) is 11.8 Å². The van der Waals surface area contributed by atoms with Crippen molar-refractivity contribution in [1.82, 2.24) is 4.98 Å². The molecule has 0 saturated heterocycles. The van der Waals surface area contributed by atoms with Gasteiger partial charge in [0.1, 0.15) is 0 Å². The molecule has 0 aromatic carbocycles. The molecule has 0 aliphatic carbocycles. The summed E-state index contributed by atoms with van der Waals surface area (Å²) in [6, 6.07) is 3.67. The molecule has 66 valence electrons. The van der Waals surface area contributed by atoms with Gasteiger partial charge in [0.2, 0.25) is 0 Å². The van der Waals surface area contributed by atoms with Gasteiger partial charge in [-0.1, -0.05) is 18.7 Å². The fourth-order valence-electron chi connectivity index (χ4n) is 0.872. The van der Waals surface area contributed by atoms with Crippen molar-refractivity contribution in [2.24, 2.45) is 5.73 Å². The van der Waals surface area contributed by atoms with E-state index in [9.17, 15) is 0 Å². The Hall–Kier alpha value is -1.90. The molecule has 0 radical (unpaired) electrons. The van der Waals surface area contributed by atoms with Gasteiger partial charge in [0.05, 0.1) is 11.4 Å². The van der Waals surface area contributed by atoms with E-state index in [2.05, 4.69) is 11.6 Å². The molecule has 0 amide bonds. The standard InChI is InChI=1S/C10H11N3/c1-2-8-3-4-10(13-7-8)9(12)5-6-11/h2-7,11H,1,12H2/b9-5-,11-6?. The van der Waals surface area contributed by atoms with Gasteiger partial charge in [-0.25, -0.2) is 0 Å². The van der Waals surface area contributed by atoms with Crippen molar-refractivity contribution in [3.63, 3.8) is 0 Å². The molecule has 0 spiro atoms. The number of nitrogens with one attached hydrogen (secondary N) is 1.